The fourth-order valence-corrected chi connectivity index (χ4v) is 2.60. The molecule has 1 aromatic carbocycles. The van der Waals surface area contributed by atoms with E-state index in [1.807, 2.05) is 37.3 Å². The second-order valence-electron chi connectivity index (χ2n) is 4.55. The van der Waals surface area contributed by atoms with Gasteiger partial charge in [0.2, 0.25) is 0 Å². The highest BCUT2D eigenvalue weighted by molar-refractivity contribution is 7.87. The molecule has 0 saturated heterocycles. The molecule has 1 aromatic rings. The zero-order valence-electron chi connectivity index (χ0n) is 12.0. The number of unbranched alkanes of at least 4 members (excludes halogenated alkanes) is 1. The topological polar surface area (TPSA) is 75.4 Å². The fraction of sp³-hybridized carbons (Fsp3) is 0.538. The molecule has 116 valence electrons. The molecule has 3 N–H and O–H groups in total. The highest BCUT2D eigenvalue weighted by Crippen LogP contribution is 2.09. The van der Waals surface area contributed by atoms with Crippen molar-refractivity contribution < 1.29 is 8.42 Å². The Labute approximate surface area is 128 Å². The number of nitrogens with zero attached hydrogens (tertiary/aromatic N) is 1. The summed E-state index contributed by atoms with van der Waals surface area (Å²) in [4.78, 5) is 0. The number of nitrogens with two attached hydrogens (primary N) is 1. The van der Waals surface area contributed by atoms with Crippen LogP contribution in [0.2, 0.25) is 0 Å². The van der Waals surface area contributed by atoms with Crippen molar-refractivity contribution in [1.82, 2.24) is 9.03 Å². The van der Waals surface area contributed by atoms with Crippen LogP contribution in [0.1, 0.15) is 31.4 Å². The molecule has 0 amide bonds. The smallest absolute Gasteiger partial charge is 0.279 e. The zero-order chi connectivity index (χ0) is 14.3. The molecule has 1 rings (SSSR count). The first-order chi connectivity index (χ1) is 8.97. The first-order valence-electron chi connectivity index (χ1n) is 6.49. The van der Waals surface area contributed by atoms with E-state index in [-0.39, 0.29) is 25.0 Å². The van der Waals surface area contributed by atoms with Crippen LogP contribution < -0.4 is 10.5 Å². The summed E-state index contributed by atoms with van der Waals surface area (Å²) in [5.74, 6) is 0. The maximum absolute atomic E-state index is 11.9. The number of hydrogen-bond acceptors (Lipinski definition) is 3. The molecule has 0 radical (unpaired) electrons. The summed E-state index contributed by atoms with van der Waals surface area (Å²) in [7, 11) is -1.86. The van der Waals surface area contributed by atoms with E-state index < -0.39 is 10.2 Å². The molecule has 0 saturated carbocycles. The molecule has 7 heteroatoms. The summed E-state index contributed by atoms with van der Waals surface area (Å²) in [6.45, 7) is 2.74. The molecule has 0 spiro atoms. The molecule has 1 unspecified atom stereocenters. The Balaban J connectivity index is 0.00000361. The van der Waals surface area contributed by atoms with Gasteiger partial charge in [-0.05, 0) is 12.0 Å². The first kappa shape index (κ1) is 19.3. The summed E-state index contributed by atoms with van der Waals surface area (Å²) in [6.07, 6.45) is 1.81. The number of benzene rings is 1. The van der Waals surface area contributed by atoms with Gasteiger partial charge in [0.1, 0.15) is 0 Å². The summed E-state index contributed by atoms with van der Waals surface area (Å²) < 4.78 is 27.7. The van der Waals surface area contributed by atoms with Gasteiger partial charge in [-0.1, -0.05) is 43.7 Å². The van der Waals surface area contributed by atoms with Crippen LogP contribution in [0.5, 0.6) is 0 Å². The minimum Gasteiger partial charge on any atom is -0.323 e. The number of nitrogens with one attached hydrogen (secondary N) is 1. The van der Waals surface area contributed by atoms with Crippen LogP contribution in [-0.2, 0) is 10.2 Å². The average molecular weight is 322 g/mol. The first-order valence-corrected chi connectivity index (χ1v) is 7.93. The van der Waals surface area contributed by atoms with E-state index in [1.165, 1.54) is 4.31 Å². The lowest BCUT2D eigenvalue weighted by molar-refractivity contribution is 0.446. The van der Waals surface area contributed by atoms with Gasteiger partial charge in [0.05, 0.1) is 0 Å². The molecular formula is C13H24ClN3O2S. The monoisotopic (exact) mass is 321 g/mol. The Morgan fingerprint density at radius 2 is 1.90 bits per heavy atom. The number of halogens is 1. The van der Waals surface area contributed by atoms with Gasteiger partial charge in [-0.3, -0.25) is 0 Å². The van der Waals surface area contributed by atoms with Gasteiger partial charge < -0.3 is 5.73 Å². The van der Waals surface area contributed by atoms with Crippen molar-refractivity contribution in [3.63, 3.8) is 0 Å². The third-order valence-corrected chi connectivity index (χ3v) is 4.48. The van der Waals surface area contributed by atoms with Crippen LogP contribution >= 0.6 is 12.4 Å². The quantitative estimate of drug-likeness (QED) is 0.765. The molecule has 1 atom stereocenters. The maximum Gasteiger partial charge on any atom is 0.279 e. The summed E-state index contributed by atoms with van der Waals surface area (Å²) in [6, 6.07) is 9.11. The van der Waals surface area contributed by atoms with Crippen LogP contribution in [0.3, 0.4) is 0 Å². The fourth-order valence-electron chi connectivity index (χ4n) is 1.62. The van der Waals surface area contributed by atoms with Crippen molar-refractivity contribution in [1.29, 1.82) is 0 Å². The van der Waals surface area contributed by atoms with E-state index in [9.17, 15) is 8.42 Å². The minimum atomic E-state index is -3.43. The van der Waals surface area contributed by atoms with Crippen molar-refractivity contribution in [2.24, 2.45) is 5.73 Å². The van der Waals surface area contributed by atoms with Crippen molar-refractivity contribution in [2.75, 3.05) is 20.1 Å². The van der Waals surface area contributed by atoms with Crippen LogP contribution in [0, 0.1) is 0 Å². The minimum absolute atomic E-state index is 0. The van der Waals surface area contributed by atoms with Crippen LogP contribution in [-0.4, -0.2) is 32.9 Å². The highest BCUT2D eigenvalue weighted by Gasteiger charge is 2.18. The summed E-state index contributed by atoms with van der Waals surface area (Å²) >= 11 is 0. The van der Waals surface area contributed by atoms with Crippen molar-refractivity contribution >= 4 is 22.6 Å². The normalized spacial score (nSPS) is 13.0. The van der Waals surface area contributed by atoms with E-state index in [2.05, 4.69) is 4.72 Å². The Hall–Kier alpha value is -0.660. The van der Waals surface area contributed by atoms with Gasteiger partial charge in [0.15, 0.2) is 0 Å². The third-order valence-electron chi connectivity index (χ3n) is 2.95. The lowest BCUT2D eigenvalue weighted by Gasteiger charge is -2.19. The zero-order valence-corrected chi connectivity index (χ0v) is 13.6. The van der Waals surface area contributed by atoms with Gasteiger partial charge in [-0.2, -0.15) is 12.7 Å². The lowest BCUT2D eigenvalue weighted by Crippen LogP contribution is -2.41. The molecule has 20 heavy (non-hydrogen) atoms. The summed E-state index contributed by atoms with van der Waals surface area (Å²) in [5.41, 5.74) is 6.87. The van der Waals surface area contributed by atoms with Crippen LogP contribution in [0.4, 0.5) is 0 Å². The van der Waals surface area contributed by atoms with E-state index in [0.29, 0.717) is 6.54 Å². The second-order valence-corrected chi connectivity index (χ2v) is 6.41. The van der Waals surface area contributed by atoms with Crippen molar-refractivity contribution in [2.45, 2.75) is 25.8 Å². The molecule has 0 heterocycles. The predicted octanol–water partition coefficient (Wildman–Crippen LogP) is 1.67. The molecule has 0 aromatic heterocycles. The van der Waals surface area contributed by atoms with Gasteiger partial charge >= 0.3 is 0 Å². The third kappa shape index (κ3) is 6.19. The average Bonchev–Trinajstić information content (AvgIpc) is 2.43. The van der Waals surface area contributed by atoms with Gasteiger partial charge in [-0.15, -0.1) is 12.4 Å². The Kier molecular flexibility index (Phi) is 9.00. The van der Waals surface area contributed by atoms with Crippen LogP contribution in [0.25, 0.3) is 0 Å². The lowest BCUT2D eigenvalue weighted by atomic mass is 10.1. The molecule has 0 fully saturated rings. The van der Waals surface area contributed by atoms with E-state index in [4.69, 9.17) is 5.73 Å². The molecule has 0 bridgehead atoms. The Bertz CT molecular complexity index is 468. The van der Waals surface area contributed by atoms with E-state index in [0.717, 1.165) is 18.4 Å². The number of hydrogen-bond donors (Lipinski definition) is 2. The largest absolute Gasteiger partial charge is 0.323 e. The Morgan fingerprint density at radius 1 is 1.30 bits per heavy atom. The predicted molar refractivity (Wildman–Crippen MR) is 85.1 cm³/mol. The van der Waals surface area contributed by atoms with Gasteiger partial charge in [-0.25, -0.2) is 4.72 Å². The van der Waals surface area contributed by atoms with Crippen molar-refractivity contribution in [3.05, 3.63) is 35.9 Å². The molecule has 0 aliphatic rings. The SMILES string of the molecule is CCCCN(C)S(=O)(=O)NCC(N)c1ccccc1.Cl. The van der Waals surface area contributed by atoms with Gasteiger partial charge in [0.25, 0.3) is 10.2 Å². The Morgan fingerprint density at radius 3 is 2.45 bits per heavy atom. The molecule has 0 aliphatic heterocycles. The van der Waals surface area contributed by atoms with Crippen molar-refractivity contribution in [3.8, 4) is 0 Å². The van der Waals surface area contributed by atoms with Crippen LogP contribution in [0.15, 0.2) is 30.3 Å². The van der Waals surface area contributed by atoms with Gasteiger partial charge in [0, 0.05) is 26.2 Å². The van der Waals surface area contributed by atoms with E-state index in [1.54, 1.807) is 7.05 Å². The standard InChI is InChI=1S/C13H23N3O2S.ClH/c1-3-4-10-16(2)19(17,18)15-11-13(14)12-8-6-5-7-9-12;/h5-9,13,15H,3-4,10-11,14H2,1-2H3;1H. The summed E-state index contributed by atoms with van der Waals surface area (Å²) in [5, 5.41) is 0. The highest BCUT2D eigenvalue weighted by atomic mass is 35.5. The number of rotatable bonds is 8. The second kappa shape index (κ2) is 9.31. The maximum atomic E-state index is 11.9. The molecule has 0 aliphatic carbocycles. The molecule has 5 nitrogen and oxygen atoms in total. The van der Waals surface area contributed by atoms with E-state index >= 15 is 0 Å². The molecular weight excluding hydrogens is 298 g/mol.